The van der Waals surface area contributed by atoms with E-state index >= 15 is 0 Å². The van der Waals surface area contributed by atoms with E-state index in [0.717, 1.165) is 11.1 Å². The molecule has 180 valence electrons. The number of aliphatic carboxylic acids is 1. The van der Waals surface area contributed by atoms with Crippen LogP contribution in [0.2, 0.25) is 5.02 Å². The fourth-order valence-electron chi connectivity index (χ4n) is 4.81. The van der Waals surface area contributed by atoms with Crippen molar-refractivity contribution in [3.8, 4) is 11.5 Å². The predicted molar refractivity (Wildman–Crippen MR) is 116 cm³/mol. The number of likely N-dealkylation sites (tertiary alicyclic amines) is 1. The predicted octanol–water partition coefficient (Wildman–Crippen LogP) is 1.66. The first-order valence-electron chi connectivity index (χ1n) is 10.7. The molecule has 7 atom stereocenters. The fraction of sp³-hybridized carbons (Fsp3) is 0.391. The van der Waals surface area contributed by atoms with Crippen molar-refractivity contribution in [3.05, 3.63) is 58.6 Å². The van der Waals surface area contributed by atoms with Gasteiger partial charge in [0.2, 0.25) is 6.29 Å². The highest BCUT2D eigenvalue weighted by Crippen LogP contribution is 2.50. The Labute approximate surface area is 198 Å². The Balaban J connectivity index is 1.40. The van der Waals surface area contributed by atoms with Crippen molar-refractivity contribution in [3.63, 3.8) is 0 Å². The molecule has 3 aliphatic rings. The lowest BCUT2D eigenvalue weighted by atomic mass is 9.84. The highest BCUT2D eigenvalue weighted by atomic mass is 35.5. The van der Waals surface area contributed by atoms with E-state index < -0.39 is 42.8 Å². The minimum absolute atomic E-state index is 0.139. The third-order valence-corrected chi connectivity index (χ3v) is 6.75. The summed E-state index contributed by atoms with van der Waals surface area (Å²) in [6.07, 6.45) is -10.1. The Kier molecular flexibility index (Phi) is 5.86. The number of carboxylic acid groups (broad SMARTS) is 1. The van der Waals surface area contributed by atoms with E-state index in [2.05, 4.69) is 0 Å². The molecule has 5 rings (SSSR count). The number of hydrogen-bond donors (Lipinski definition) is 4. The molecule has 3 aliphatic heterocycles. The Bertz CT molecular complexity index is 1130. The van der Waals surface area contributed by atoms with Crippen molar-refractivity contribution >= 4 is 23.7 Å². The standard InChI is InChI=1S/C23H22ClNO9/c24-10-5-6-16-12(7-10)14-9-25(8-13(14)11-3-1-2-4-15(11)32-16)23(31)34-22-19(28)17(26)18(27)20(33-22)21(29)30/h1-7,13-14,17-20,22,26-28H,8-9H2,(H,29,30)/t13-,14-,17+,18+,19-,20+,22+/m1/s1. The number of rotatable bonds is 2. The van der Waals surface area contributed by atoms with Crippen LogP contribution in [0.1, 0.15) is 23.0 Å². The van der Waals surface area contributed by atoms with Gasteiger partial charge in [-0.3, -0.25) is 0 Å². The average Bonchev–Trinajstić information content (AvgIpc) is 3.21. The van der Waals surface area contributed by atoms with Gasteiger partial charge in [0.05, 0.1) is 0 Å². The molecule has 10 nitrogen and oxygen atoms in total. The van der Waals surface area contributed by atoms with Crippen LogP contribution >= 0.6 is 11.6 Å². The molecule has 2 saturated heterocycles. The number of carbonyl (C=O) groups excluding carboxylic acids is 1. The number of halogens is 1. The maximum Gasteiger partial charge on any atom is 0.412 e. The largest absolute Gasteiger partial charge is 0.479 e. The molecule has 0 aliphatic carbocycles. The fourth-order valence-corrected chi connectivity index (χ4v) is 4.99. The normalized spacial score (nSPS) is 32.0. The summed E-state index contributed by atoms with van der Waals surface area (Å²) in [6, 6.07) is 12.8. The molecule has 2 aromatic carbocycles. The number of hydrogen-bond acceptors (Lipinski definition) is 8. The number of fused-ring (bicyclic) bond motifs is 5. The van der Waals surface area contributed by atoms with Gasteiger partial charge < -0.3 is 39.5 Å². The number of aliphatic hydroxyl groups is 3. The molecule has 0 saturated carbocycles. The molecule has 3 heterocycles. The smallest absolute Gasteiger partial charge is 0.412 e. The number of para-hydroxylation sites is 1. The third kappa shape index (κ3) is 3.87. The van der Waals surface area contributed by atoms with Crippen LogP contribution in [0, 0.1) is 0 Å². The molecule has 0 unspecified atom stereocenters. The zero-order chi connectivity index (χ0) is 24.1. The van der Waals surface area contributed by atoms with Crippen molar-refractivity contribution in [1.29, 1.82) is 0 Å². The van der Waals surface area contributed by atoms with Crippen molar-refractivity contribution in [2.24, 2.45) is 0 Å². The molecule has 0 aromatic heterocycles. The van der Waals surface area contributed by atoms with E-state index in [4.69, 9.17) is 25.8 Å². The summed E-state index contributed by atoms with van der Waals surface area (Å²) < 4.78 is 16.4. The molecular weight excluding hydrogens is 470 g/mol. The van der Waals surface area contributed by atoms with E-state index in [1.807, 2.05) is 24.3 Å². The van der Waals surface area contributed by atoms with E-state index in [1.54, 1.807) is 18.2 Å². The zero-order valence-electron chi connectivity index (χ0n) is 17.7. The Morgan fingerprint density at radius 2 is 1.62 bits per heavy atom. The second kappa shape index (κ2) is 8.71. The van der Waals surface area contributed by atoms with Gasteiger partial charge in [-0.05, 0) is 24.3 Å². The Hall–Kier alpha value is -2.89. The van der Waals surface area contributed by atoms with Gasteiger partial charge in [0.15, 0.2) is 6.10 Å². The van der Waals surface area contributed by atoms with Crippen LogP contribution in [0.4, 0.5) is 4.79 Å². The highest BCUT2D eigenvalue weighted by molar-refractivity contribution is 6.30. The summed E-state index contributed by atoms with van der Waals surface area (Å²) in [4.78, 5) is 25.7. The summed E-state index contributed by atoms with van der Waals surface area (Å²) >= 11 is 6.24. The lowest BCUT2D eigenvalue weighted by Gasteiger charge is -2.38. The number of benzene rings is 2. The molecule has 0 radical (unpaired) electrons. The van der Waals surface area contributed by atoms with Gasteiger partial charge in [-0.15, -0.1) is 0 Å². The SMILES string of the molecule is O=C(O)[C@H]1O[C@@H](OC(=O)N2C[C@@H]3c4ccccc4Oc4ccc(Cl)cc4[C@H]3C2)[C@H](O)[C@@H](O)[C@@H]1O. The van der Waals surface area contributed by atoms with Crippen molar-refractivity contribution < 1.29 is 44.2 Å². The van der Waals surface area contributed by atoms with Crippen molar-refractivity contribution in [2.45, 2.75) is 42.5 Å². The van der Waals surface area contributed by atoms with Gasteiger partial charge in [-0.1, -0.05) is 29.8 Å². The molecule has 2 aromatic rings. The van der Waals surface area contributed by atoms with E-state index in [-0.39, 0.29) is 24.9 Å². The third-order valence-electron chi connectivity index (χ3n) is 6.52. The molecule has 1 amide bonds. The number of nitrogens with zero attached hydrogens (tertiary/aromatic N) is 1. The summed E-state index contributed by atoms with van der Waals surface area (Å²) in [7, 11) is 0. The van der Waals surface area contributed by atoms with Crippen LogP contribution in [-0.4, -0.2) is 81.2 Å². The number of carboxylic acids is 1. The van der Waals surface area contributed by atoms with Crippen molar-refractivity contribution in [1.82, 2.24) is 4.90 Å². The number of ether oxygens (including phenoxy) is 3. The summed E-state index contributed by atoms with van der Waals surface area (Å²) in [6.45, 7) is 0.497. The molecular formula is C23H22ClNO9. The minimum Gasteiger partial charge on any atom is -0.479 e. The molecule has 34 heavy (non-hydrogen) atoms. The van der Waals surface area contributed by atoms with Crippen LogP contribution in [0.5, 0.6) is 11.5 Å². The first-order valence-corrected chi connectivity index (χ1v) is 11.1. The van der Waals surface area contributed by atoms with Gasteiger partial charge in [0, 0.05) is 41.1 Å². The Morgan fingerprint density at radius 3 is 2.35 bits per heavy atom. The monoisotopic (exact) mass is 491 g/mol. The van der Waals surface area contributed by atoms with Gasteiger partial charge in [-0.25, -0.2) is 9.59 Å². The number of aliphatic hydroxyl groups excluding tert-OH is 3. The van der Waals surface area contributed by atoms with Gasteiger partial charge in [0.25, 0.3) is 0 Å². The average molecular weight is 492 g/mol. The zero-order valence-corrected chi connectivity index (χ0v) is 18.4. The minimum atomic E-state index is -1.88. The summed E-state index contributed by atoms with van der Waals surface area (Å²) in [5, 5.41) is 39.7. The van der Waals surface area contributed by atoms with Crippen LogP contribution in [0.15, 0.2) is 42.5 Å². The second-order valence-corrected chi connectivity index (χ2v) is 9.00. The first-order chi connectivity index (χ1) is 16.2. The summed E-state index contributed by atoms with van der Waals surface area (Å²) in [5.41, 5.74) is 1.75. The topological polar surface area (TPSA) is 146 Å². The van der Waals surface area contributed by atoms with Crippen LogP contribution in [-0.2, 0) is 14.3 Å². The molecule has 0 bridgehead atoms. The van der Waals surface area contributed by atoms with Gasteiger partial charge >= 0.3 is 12.1 Å². The molecule has 0 spiro atoms. The van der Waals surface area contributed by atoms with E-state index in [0.29, 0.717) is 16.5 Å². The summed E-state index contributed by atoms with van der Waals surface area (Å²) in [5.74, 6) is -0.567. The van der Waals surface area contributed by atoms with Crippen LogP contribution in [0.25, 0.3) is 0 Å². The number of amides is 1. The highest BCUT2D eigenvalue weighted by Gasteiger charge is 2.50. The molecule has 2 fully saturated rings. The van der Waals surface area contributed by atoms with E-state index in [9.17, 15) is 30.0 Å². The lowest BCUT2D eigenvalue weighted by Crippen LogP contribution is -2.61. The molecule has 11 heteroatoms. The van der Waals surface area contributed by atoms with Gasteiger partial charge in [0.1, 0.15) is 29.8 Å². The van der Waals surface area contributed by atoms with Crippen LogP contribution < -0.4 is 4.74 Å². The second-order valence-electron chi connectivity index (χ2n) is 8.56. The number of carbonyl (C=O) groups is 2. The van der Waals surface area contributed by atoms with Crippen LogP contribution in [0.3, 0.4) is 0 Å². The Morgan fingerprint density at radius 1 is 0.941 bits per heavy atom. The van der Waals surface area contributed by atoms with E-state index in [1.165, 1.54) is 4.90 Å². The quantitative estimate of drug-likeness (QED) is 0.492. The van der Waals surface area contributed by atoms with Gasteiger partial charge in [-0.2, -0.15) is 0 Å². The first kappa shape index (κ1) is 22.9. The maximum absolute atomic E-state index is 13.0. The lowest BCUT2D eigenvalue weighted by molar-refractivity contribution is -0.279. The maximum atomic E-state index is 13.0. The molecule has 4 N–H and O–H groups in total. The van der Waals surface area contributed by atoms with Crippen molar-refractivity contribution in [2.75, 3.05) is 13.1 Å².